The molecule has 0 saturated carbocycles. The second-order valence-electron chi connectivity index (χ2n) is 2.51. The highest BCUT2D eigenvalue weighted by atomic mass is 16.5. The van der Waals surface area contributed by atoms with E-state index in [2.05, 4.69) is 4.74 Å². The first-order valence-corrected chi connectivity index (χ1v) is 3.57. The molecule has 0 saturated heterocycles. The average Bonchev–Trinajstić information content (AvgIpc) is 2.36. The molecule has 0 aliphatic carbocycles. The summed E-state index contributed by atoms with van der Waals surface area (Å²) < 4.78 is 9.41. The molecule has 1 rings (SSSR count). The molecule has 1 heterocycles. The summed E-state index contributed by atoms with van der Waals surface area (Å²) in [5.41, 5.74) is 0.528. The highest BCUT2D eigenvalue weighted by Crippen LogP contribution is 2.18. The zero-order valence-electron chi connectivity index (χ0n) is 7.05. The Kier molecular flexibility index (Phi) is 2.47. The third-order valence-corrected chi connectivity index (χ3v) is 1.75. The van der Waals surface area contributed by atoms with Gasteiger partial charge in [0.05, 0.1) is 7.11 Å². The minimum Gasteiger partial charge on any atom is -0.489 e. The average molecular weight is 170 g/mol. The molecule has 0 bridgehead atoms. The maximum atomic E-state index is 10.9. The fourth-order valence-corrected chi connectivity index (χ4v) is 0.912. The number of rotatable bonds is 2. The Balaban J connectivity index is 2.64. The molecule has 0 fully saturated rings. The first-order valence-electron chi connectivity index (χ1n) is 3.57. The summed E-state index contributed by atoms with van der Waals surface area (Å²) in [7, 11) is 1.30. The van der Waals surface area contributed by atoms with Gasteiger partial charge in [-0.1, -0.05) is 0 Å². The molecule has 1 aliphatic heterocycles. The van der Waals surface area contributed by atoms with Gasteiger partial charge in [0.1, 0.15) is 12.2 Å². The van der Waals surface area contributed by atoms with E-state index in [-0.39, 0.29) is 24.8 Å². The standard InChI is InChI=1S/C8H10O4/c1-5-6(9)4-12-7(5)3-8(10)11-2/h3-4H2,1-2H3. The molecule has 0 spiro atoms. The van der Waals surface area contributed by atoms with Gasteiger partial charge < -0.3 is 9.47 Å². The summed E-state index contributed by atoms with van der Waals surface area (Å²) in [6, 6.07) is 0. The van der Waals surface area contributed by atoms with Crippen LogP contribution in [0.25, 0.3) is 0 Å². The van der Waals surface area contributed by atoms with Crippen molar-refractivity contribution in [3.05, 3.63) is 11.3 Å². The summed E-state index contributed by atoms with van der Waals surface area (Å²) in [5.74, 6) is -0.0141. The van der Waals surface area contributed by atoms with Gasteiger partial charge in [0, 0.05) is 5.57 Å². The molecule has 12 heavy (non-hydrogen) atoms. The van der Waals surface area contributed by atoms with Crippen molar-refractivity contribution in [3.8, 4) is 0 Å². The van der Waals surface area contributed by atoms with E-state index in [1.54, 1.807) is 6.92 Å². The number of hydrogen-bond acceptors (Lipinski definition) is 4. The van der Waals surface area contributed by atoms with E-state index >= 15 is 0 Å². The lowest BCUT2D eigenvalue weighted by Gasteiger charge is -2.00. The van der Waals surface area contributed by atoms with E-state index < -0.39 is 0 Å². The minimum absolute atomic E-state index is 0.0497. The second kappa shape index (κ2) is 3.38. The largest absolute Gasteiger partial charge is 0.489 e. The van der Waals surface area contributed by atoms with E-state index in [0.29, 0.717) is 11.3 Å². The highest BCUT2D eigenvalue weighted by molar-refractivity contribution is 5.98. The summed E-state index contributed by atoms with van der Waals surface area (Å²) in [6.07, 6.45) is 0.0497. The number of ether oxygens (including phenoxy) is 2. The van der Waals surface area contributed by atoms with Crippen molar-refractivity contribution in [3.63, 3.8) is 0 Å². The molecular weight excluding hydrogens is 160 g/mol. The van der Waals surface area contributed by atoms with E-state index in [1.807, 2.05) is 0 Å². The van der Waals surface area contributed by atoms with Gasteiger partial charge >= 0.3 is 5.97 Å². The predicted molar refractivity (Wildman–Crippen MR) is 40.3 cm³/mol. The zero-order valence-corrected chi connectivity index (χ0v) is 7.05. The van der Waals surface area contributed by atoms with Crippen molar-refractivity contribution in [2.75, 3.05) is 13.7 Å². The van der Waals surface area contributed by atoms with Crippen molar-refractivity contribution in [2.45, 2.75) is 13.3 Å². The second-order valence-corrected chi connectivity index (χ2v) is 2.51. The van der Waals surface area contributed by atoms with Crippen LogP contribution in [0, 0.1) is 0 Å². The summed E-state index contributed by atoms with van der Waals surface area (Å²) in [6.45, 7) is 1.70. The lowest BCUT2D eigenvalue weighted by atomic mass is 10.2. The third kappa shape index (κ3) is 1.64. The van der Waals surface area contributed by atoms with E-state index in [4.69, 9.17) is 4.74 Å². The normalized spacial score (nSPS) is 16.3. The smallest absolute Gasteiger partial charge is 0.313 e. The van der Waals surface area contributed by atoms with E-state index in [1.165, 1.54) is 7.11 Å². The van der Waals surface area contributed by atoms with Gasteiger partial charge in [0.25, 0.3) is 0 Å². The molecular formula is C8H10O4. The lowest BCUT2D eigenvalue weighted by molar-refractivity contribution is -0.140. The SMILES string of the molecule is COC(=O)CC1=C(C)C(=O)CO1. The van der Waals surface area contributed by atoms with Gasteiger partial charge in [0.15, 0.2) is 12.4 Å². The van der Waals surface area contributed by atoms with Crippen LogP contribution in [0.2, 0.25) is 0 Å². The number of carbonyl (C=O) groups excluding carboxylic acids is 2. The van der Waals surface area contributed by atoms with Crippen LogP contribution >= 0.6 is 0 Å². The Morgan fingerprint density at radius 3 is 2.75 bits per heavy atom. The fraction of sp³-hybridized carbons (Fsp3) is 0.500. The van der Waals surface area contributed by atoms with Gasteiger partial charge in [-0.05, 0) is 6.92 Å². The quantitative estimate of drug-likeness (QED) is 0.564. The predicted octanol–water partition coefficient (Wildman–Crippen LogP) is 0.423. The van der Waals surface area contributed by atoms with E-state index in [9.17, 15) is 9.59 Å². The van der Waals surface area contributed by atoms with Crippen molar-refractivity contribution >= 4 is 11.8 Å². The van der Waals surface area contributed by atoms with Crippen LogP contribution in [0.4, 0.5) is 0 Å². The summed E-state index contributed by atoms with van der Waals surface area (Å²) in [4.78, 5) is 21.7. The number of carbonyl (C=O) groups is 2. The Morgan fingerprint density at radius 1 is 1.67 bits per heavy atom. The summed E-state index contributed by atoms with van der Waals surface area (Å²) in [5, 5.41) is 0. The Morgan fingerprint density at radius 2 is 2.33 bits per heavy atom. The molecule has 1 aliphatic rings. The molecule has 0 radical (unpaired) electrons. The van der Waals surface area contributed by atoms with Gasteiger partial charge in [-0.3, -0.25) is 9.59 Å². The van der Waals surface area contributed by atoms with Gasteiger partial charge in [-0.15, -0.1) is 0 Å². The molecule has 0 aromatic carbocycles. The van der Waals surface area contributed by atoms with Crippen LogP contribution < -0.4 is 0 Å². The zero-order chi connectivity index (χ0) is 9.14. The maximum Gasteiger partial charge on any atom is 0.313 e. The van der Waals surface area contributed by atoms with Crippen LogP contribution in [-0.2, 0) is 19.1 Å². The molecule has 4 heteroatoms. The summed E-state index contributed by atoms with van der Waals surface area (Å²) >= 11 is 0. The van der Waals surface area contributed by atoms with Crippen LogP contribution in [0.1, 0.15) is 13.3 Å². The van der Waals surface area contributed by atoms with Crippen molar-refractivity contribution < 1.29 is 19.1 Å². The molecule has 0 unspecified atom stereocenters. The first-order chi connectivity index (χ1) is 5.65. The molecule has 0 N–H and O–H groups in total. The fourth-order valence-electron chi connectivity index (χ4n) is 0.912. The highest BCUT2D eigenvalue weighted by Gasteiger charge is 2.22. The van der Waals surface area contributed by atoms with Crippen LogP contribution in [0.5, 0.6) is 0 Å². The van der Waals surface area contributed by atoms with Crippen molar-refractivity contribution in [1.29, 1.82) is 0 Å². The monoisotopic (exact) mass is 170 g/mol. The molecule has 0 atom stereocenters. The molecule has 0 aromatic heterocycles. The van der Waals surface area contributed by atoms with Gasteiger partial charge in [-0.25, -0.2) is 0 Å². The van der Waals surface area contributed by atoms with Crippen LogP contribution in [-0.4, -0.2) is 25.5 Å². The van der Waals surface area contributed by atoms with Crippen molar-refractivity contribution in [2.24, 2.45) is 0 Å². The molecule has 66 valence electrons. The molecule has 0 amide bonds. The minimum atomic E-state index is -0.390. The van der Waals surface area contributed by atoms with Gasteiger partial charge in [0.2, 0.25) is 0 Å². The molecule has 0 aromatic rings. The molecule has 4 nitrogen and oxygen atoms in total. The number of esters is 1. The third-order valence-electron chi connectivity index (χ3n) is 1.75. The number of methoxy groups -OCH3 is 1. The number of ketones is 1. The Labute approximate surface area is 70.1 Å². The van der Waals surface area contributed by atoms with E-state index in [0.717, 1.165) is 0 Å². The Bertz CT molecular complexity index is 252. The number of Topliss-reactive ketones (excluding diaryl/α,β-unsaturated/α-hetero) is 1. The number of hydrogen-bond donors (Lipinski definition) is 0. The van der Waals surface area contributed by atoms with Gasteiger partial charge in [-0.2, -0.15) is 0 Å². The van der Waals surface area contributed by atoms with Crippen molar-refractivity contribution in [1.82, 2.24) is 0 Å². The topological polar surface area (TPSA) is 52.6 Å². The van der Waals surface area contributed by atoms with Crippen LogP contribution in [0.15, 0.2) is 11.3 Å². The lowest BCUT2D eigenvalue weighted by Crippen LogP contribution is -2.02. The maximum absolute atomic E-state index is 10.9. The van der Waals surface area contributed by atoms with Crippen LogP contribution in [0.3, 0.4) is 0 Å². The Hall–Kier alpha value is -1.32. The first kappa shape index (κ1) is 8.77.